The Morgan fingerprint density at radius 1 is 1.50 bits per heavy atom. The molecule has 1 aliphatic rings. The van der Waals surface area contributed by atoms with E-state index in [4.69, 9.17) is 5.73 Å². The number of rotatable bonds is 2. The summed E-state index contributed by atoms with van der Waals surface area (Å²) in [4.78, 5) is 10.5. The molecular formula is C8H12N4. The molecule has 1 saturated heterocycles. The summed E-state index contributed by atoms with van der Waals surface area (Å²) < 4.78 is 0. The van der Waals surface area contributed by atoms with Gasteiger partial charge in [0.1, 0.15) is 11.6 Å². The molecule has 2 rings (SSSR count). The fourth-order valence-corrected chi connectivity index (χ4v) is 1.23. The van der Waals surface area contributed by atoms with Crippen LogP contribution >= 0.6 is 0 Å². The van der Waals surface area contributed by atoms with Crippen LogP contribution in [0.15, 0.2) is 12.3 Å². The van der Waals surface area contributed by atoms with Crippen LogP contribution in [-0.4, -0.2) is 28.0 Å². The summed E-state index contributed by atoms with van der Waals surface area (Å²) in [6, 6.07) is 1.71. The maximum atomic E-state index is 5.52. The van der Waals surface area contributed by atoms with Gasteiger partial charge in [-0.3, -0.25) is 4.90 Å². The summed E-state index contributed by atoms with van der Waals surface area (Å²) in [6.45, 7) is 3.17. The number of nitrogen functional groups attached to an aromatic ring is 1. The minimum atomic E-state index is 0.556. The van der Waals surface area contributed by atoms with Crippen LogP contribution in [0.1, 0.15) is 12.2 Å². The molecule has 2 heterocycles. The zero-order valence-electron chi connectivity index (χ0n) is 6.90. The van der Waals surface area contributed by atoms with Gasteiger partial charge in [0.2, 0.25) is 0 Å². The molecule has 0 aliphatic carbocycles. The molecule has 0 aromatic carbocycles. The lowest BCUT2D eigenvalue weighted by atomic mass is 10.2. The number of likely N-dealkylation sites (tertiary alicyclic amines) is 1. The molecular weight excluding hydrogens is 152 g/mol. The van der Waals surface area contributed by atoms with E-state index >= 15 is 0 Å². The largest absolute Gasteiger partial charge is 0.384 e. The number of aromatic nitrogens is 2. The lowest BCUT2D eigenvalue weighted by Crippen LogP contribution is -2.36. The molecule has 0 amide bonds. The Labute approximate surface area is 71.4 Å². The van der Waals surface area contributed by atoms with Crippen molar-refractivity contribution in [2.45, 2.75) is 13.0 Å². The van der Waals surface area contributed by atoms with Gasteiger partial charge in [-0.25, -0.2) is 9.97 Å². The smallest absolute Gasteiger partial charge is 0.144 e. The van der Waals surface area contributed by atoms with Crippen LogP contribution in [0.5, 0.6) is 0 Å². The van der Waals surface area contributed by atoms with Crippen molar-refractivity contribution in [2.24, 2.45) is 0 Å². The summed E-state index contributed by atoms with van der Waals surface area (Å²) in [6.07, 6.45) is 3.00. The van der Waals surface area contributed by atoms with E-state index in [-0.39, 0.29) is 0 Å². The molecule has 0 saturated carbocycles. The van der Waals surface area contributed by atoms with Crippen LogP contribution in [-0.2, 0) is 6.54 Å². The van der Waals surface area contributed by atoms with Crippen molar-refractivity contribution in [3.05, 3.63) is 18.1 Å². The highest BCUT2D eigenvalue weighted by Crippen LogP contribution is 2.09. The molecule has 0 unspecified atom stereocenters. The summed E-state index contributed by atoms with van der Waals surface area (Å²) in [5.41, 5.74) is 5.52. The SMILES string of the molecule is Nc1ccnc(CN2CCC2)n1. The first-order valence-electron chi connectivity index (χ1n) is 4.14. The van der Waals surface area contributed by atoms with Crippen molar-refractivity contribution in [2.75, 3.05) is 18.8 Å². The number of hydrogen-bond donors (Lipinski definition) is 1. The molecule has 0 atom stereocenters. The van der Waals surface area contributed by atoms with E-state index in [1.807, 2.05) is 0 Å². The van der Waals surface area contributed by atoms with E-state index in [2.05, 4.69) is 14.9 Å². The second-order valence-electron chi connectivity index (χ2n) is 3.03. The van der Waals surface area contributed by atoms with Gasteiger partial charge in [-0.2, -0.15) is 0 Å². The third-order valence-corrected chi connectivity index (χ3v) is 2.04. The summed E-state index contributed by atoms with van der Waals surface area (Å²) in [5.74, 6) is 1.38. The van der Waals surface area contributed by atoms with Crippen molar-refractivity contribution >= 4 is 5.82 Å². The Hall–Kier alpha value is -1.16. The van der Waals surface area contributed by atoms with E-state index in [0.717, 1.165) is 25.5 Å². The van der Waals surface area contributed by atoms with Crippen molar-refractivity contribution in [3.63, 3.8) is 0 Å². The second-order valence-corrected chi connectivity index (χ2v) is 3.03. The molecule has 0 radical (unpaired) electrons. The van der Waals surface area contributed by atoms with Gasteiger partial charge >= 0.3 is 0 Å². The van der Waals surface area contributed by atoms with Crippen LogP contribution in [0, 0.1) is 0 Å². The van der Waals surface area contributed by atoms with E-state index in [0.29, 0.717) is 5.82 Å². The predicted molar refractivity (Wildman–Crippen MR) is 46.3 cm³/mol. The van der Waals surface area contributed by atoms with Gasteiger partial charge < -0.3 is 5.73 Å². The quantitative estimate of drug-likeness (QED) is 0.681. The number of anilines is 1. The topological polar surface area (TPSA) is 55.0 Å². The summed E-state index contributed by atoms with van der Waals surface area (Å²) >= 11 is 0. The average molecular weight is 164 g/mol. The van der Waals surface area contributed by atoms with Gasteiger partial charge in [-0.15, -0.1) is 0 Å². The molecule has 1 aliphatic heterocycles. The molecule has 4 heteroatoms. The average Bonchev–Trinajstić information content (AvgIpc) is 1.97. The number of hydrogen-bond acceptors (Lipinski definition) is 4. The van der Waals surface area contributed by atoms with E-state index in [1.165, 1.54) is 6.42 Å². The Morgan fingerprint density at radius 3 is 2.92 bits per heavy atom. The molecule has 1 aromatic heterocycles. The summed E-state index contributed by atoms with van der Waals surface area (Å²) in [7, 11) is 0. The first kappa shape index (κ1) is 7.49. The predicted octanol–water partition coefficient (Wildman–Crippen LogP) is 0.264. The van der Waals surface area contributed by atoms with Gasteiger partial charge in [0.05, 0.1) is 6.54 Å². The molecule has 64 valence electrons. The van der Waals surface area contributed by atoms with E-state index < -0.39 is 0 Å². The first-order chi connectivity index (χ1) is 5.84. The number of nitrogens with zero attached hydrogens (tertiary/aromatic N) is 3. The first-order valence-corrected chi connectivity index (χ1v) is 4.14. The minimum absolute atomic E-state index is 0.556. The lowest BCUT2D eigenvalue weighted by molar-refractivity contribution is 0.168. The standard InChI is InChI=1S/C8H12N4/c9-7-2-3-10-8(11-7)6-12-4-1-5-12/h2-3H,1,4-6H2,(H2,9,10,11). The van der Waals surface area contributed by atoms with Crippen LogP contribution < -0.4 is 5.73 Å². The van der Waals surface area contributed by atoms with Crippen LogP contribution in [0.25, 0.3) is 0 Å². The lowest BCUT2D eigenvalue weighted by Gasteiger charge is -2.29. The third kappa shape index (κ3) is 1.53. The Kier molecular flexibility index (Phi) is 1.91. The van der Waals surface area contributed by atoms with Gasteiger partial charge in [0.25, 0.3) is 0 Å². The monoisotopic (exact) mass is 164 g/mol. The zero-order chi connectivity index (χ0) is 8.39. The summed E-state index contributed by atoms with van der Waals surface area (Å²) in [5, 5.41) is 0. The minimum Gasteiger partial charge on any atom is -0.384 e. The van der Waals surface area contributed by atoms with Crippen molar-refractivity contribution in [3.8, 4) is 0 Å². The highest BCUT2D eigenvalue weighted by molar-refractivity contribution is 5.24. The van der Waals surface area contributed by atoms with E-state index in [1.54, 1.807) is 12.3 Å². The van der Waals surface area contributed by atoms with E-state index in [9.17, 15) is 0 Å². The van der Waals surface area contributed by atoms with Crippen LogP contribution in [0.2, 0.25) is 0 Å². The van der Waals surface area contributed by atoms with Gasteiger partial charge in [-0.05, 0) is 25.6 Å². The second kappa shape index (κ2) is 3.06. The van der Waals surface area contributed by atoms with Crippen molar-refractivity contribution in [1.82, 2.24) is 14.9 Å². The molecule has 1 aromatic rings. The van der Waals surface area contributed by atoms with Crippen LogP contribution in [0.4, 0.5) is 5.82 Å². The number of nitrogens with two attached hydrogens (primary N) is 1. The van der Waals surface area contributed by atoms with Gasteiger partial charge in [0.15, 0.2) is 0 Å². The third-order valence-electron chi connectivity index (χ3n) is 2.04. The highest BCUT2D eigenvalue weighted by atomic mass is 15.2. The normalized spacial score (nSPS) is 17.3. The van der Waals surface area contributed by atoms with Gasteiger partial charge in [-0.1, -0.05) is 0 Å². The fraction of sp³-hybridized carbons (Fsp3) is 0.500. The molecule has 0 bridgehead atoms. The Bertz CT molecular complexity index is 270. The maximum Gasteiger partial charge on any atom is 0.144 e. The Balaban J connectivity index is 2.02. The van der Waals surface area contributed by atoms with Crippen molar-refractivity contribution < 1.29 is 0 Å². The van der Waals surface area contributed by atoms with Crippen molar-refractivity contribution in [1.29, 1.82) is 0 Å². The maximum absolute atomic E-state index is 5.52. The molecule has 1 fully saturated rings. The molecule has 4 nitrogen and oxygen atoms in total. The van der Waals surface area contributed by atoms with Gasteiger partial charge in [0, 0.05) is 6.20 Å². The zero-order valence-corrected chi connectivity index (χ0v) is 6.90. The molecule has 12 heavy (non-hydrogen) atoms. The fourth-order valence-electron chi connectivity index (χ4n) is 1.23. The molecule has 0 spiro atoms. The molecule has 2 N–H and O–H groups in total. The highest BCUT2D eigenvalue weighted by Gasteiger charge is 2.14. The Morgan fingerprint density at radius 2 is 2.33 bits per heavy atom. The van der Waals surface area contributed by atoms with Crippen LogP contribution in [0.3, 0.4) is 0 Å².